The van der Waals surface area contributed by atoms with Crippen LogP contribution in [0.5, 0.6) is 0 Å². The first kappa shape index (κ1) is 9.66. The largest absolute Gasteiger partial charge is 0.347 e. The Bertz CT molecular complexity index is 294. The van der Waals surface area contributed by atoms with Crippen LogP contribution in [0.15, 0.2) is 4.52 Å². The second kappa shape index (κ2) is 3.99. The third kappa shape index (κ3) is 2.83. The van der Waals surface area contributed by atoms with Gasteiger partial charge in [0.05, 0.1) is 12.6 Å². The molecule has 0 bridgehead atoms. The minimum Gasteiger partial charge on any atom is -0.347 e. The Morgan fingerprint density at radius 1 is 1.77 bits per heavy atom. The Morgan fingerprint density at radius 2 is 2.46 bits per heavy atom. The first-order valence-corrected chi connectivity index (χ1v) is 3.92. The number of rotatable bonds is 3. The van der Waals surface area contributed by atoms with Crippen molar-refractivity contribution in [2.75, 3.05) is 0 Å². The van der Waals surface area contributed by atoms with E-state index < -0.39 is 0 Å². The molecular formula is C7H12N4O2. The molecule has 0 aromatic carbocycles. The summed E-state index contributed by atoms with van der Waals surface area (Å²) in [5.41, 5.74) is 5.51. The molecule has 6 nitrogen and oxygen atoms in total. The minimum atomic E-state index is -0.255. The van der Waals surface area contributed by atoms with Gasteiger partial charge in [0.25, 0.3) is 0 Å². The van der Waals surface area contributed by atoms with Gasteiger partial charge in [-0.05, 0) is 6.92 Å². The highest BCUT2D eigenvalue weighted by Crippen LogP contribution is 2.04. The molecule has 0 radical (unpaired) electrons. The Labute approximate surface area is 75.5 Å². The lowest BCUT2D eigenvalue weighted by Gasteiger charge is -1.95. The van der Waals surface area contributed by atoms with E-state index in [4.69, 9.17) is 10.3 Å². The van der Waals surface area contributed by atoms with E-state index in [1.165, 1.54) is 6.92 Å². The summed E-state index contributed by atoms with van der Waals surface area (Å²) < 4.78 is 4.82. The lowest BCUT2D eigenvalue weighted by Crippen LogP contribution is -2.19. The van der Waals surface area contributed by atoms with Crippen molar-refractivity contribution < 1.29 is 9.32 Å². The molecule has 0 spiro atoms. The van der Waals surface area contributed by atoms with Gasteiger partial charge in [-0.25, -0.2) is 0 Å². The second-order valence-electron chi connectivity index (χ2n) is 2.74. The van der Waals surface area contributed by atoms with Crippen molar-refractivity contribution in [1.82, 2.24) is 15.5 Å². The molecular weight excluding hydrogens is 172 g/mol. The van der Waals surface area contributed by atoms with Crippen LogP contribution in [0, 0.1) is 0 Å². The van der Waals surface area contributed by atoms with E-state index in [1.807, 2.05) is 0 Å². The zero-order valence-electron chi connectivity index (χ0n) is 7.57. The fourth-order valence-electron chi connectivity index (χ4n) is 0.725. The summed E-state index contributed by atoms with van der Waals surface area (Å²) in [6, 6.07) is -0.255. The SMILES string of the molecule is CC(=O)NCc1nc(C(C)N)no1. The summed E-state index contributed by atoms with van der Waals surface area (Å²) >= 11 is 0. The average Bonchev–Trinajstić information content (AvgIpc) is 2.48. The van der Waals surface area contributed by atoms with Crippen LogP contribution >= 0.6 is 0 Å². The molecule has 0 saturated carbocycles. The molecule has 1 atom stereocenters. The van der Waals surface area contributed by atoms with Gasteiger partial charge in [-0.1, -0.05) is 5.16 Å². The molecule has 1 amide bonds. The van der Waals surface area contributed by atoms with Gasteiger partial charge in [-0.3, -0.25) is 4.79 Å². The van der Waals surface area contributed by atoms with Crippen molar-refractivity contribution in [3.8, 4) is 0 Å². The topological polar surface area (TPSA) is 94.0 Å². The van der Waals surface area contributed by atoms with Gasteiger partial charge in [0.2, 0.25) is 11.8 Å². The van der Waals surface area contributed by atoms with Crippen LogP contribution in [-0.2, 0) is 11.3 Å². The zero-order chi connectivity index (χ0) is 9.84. The fraction of sp³-hybridized carbons (Fsp3) is 0.571. The number of hydrogen-bond donors (Lipinski definition) is 2. The van der Waals surface area contributed by atoms with Gasteiger partial charge in [0.1, 0.15) is 0 Å². The quantitative estimate of drug-likeness (QED) is 0.674. The van der Waals surface area contributed by atoms with Gasteiger partial charge in [-0.15, -0.1) is 0 Å². The molecule has 72 valence electrons. The van der Waals surface area contributed by atoms with Gasteiger partial charge < -0.3 is 15.6 Å². The molecule has 1 aromatic heterocycles. The summed E-state index contributed by atoms with van der Waals surface area (Å²) in [6.45, 7) is 3.42. The highest BCUT2D eigenvalue weighted by atomic mass is 16.5. The van der Waals surface area contributed by atoms with Crippen molar-refractivity contribution in [1.29, 1.82) is 0 Å². The maximum Gasteiger partial charge on any atom is 0.246 e. The number of amides is 1. The third-order valence-electron chi connectivity index (χ3n) is 1.38. The molecule has 3 N–H and O–H groups in total. The molecule has 0 aliphatic rings. The number of aromatic nitrogens is 2. The van der Waals surface area contributed by atoms with E-state index in [1.54, 1.807) is 6.92 Å². The number of nitrogens with two attached hydrogens (primary N) is 1. The number of nitrogens with zero attached hydrogens (tertiary/aromatic N) is 2. The standard InChI is InChI=1S/C7H12N4O2/c1-4(8)7-10-6(13-11-7)3-9-5(2)12/h4H,3,8H2,1-2H3,(H,9,12). The second-order valence-corrected chi connectivity index (χ2v) is 2.74. The first-order chi connectivity index (χ1) is 6.09. The van der Waals surface area contributed by atoms with E-state index in [0.29, 0.717) is 11.7 Å². The maximum atomic E-state index is 10.5. The normalized spacial score (nSPS) is 12.5. The third-order valence-corrected chi connectivity index (χ3v) is 1.38. The predicted octanol–water partition coefficient (Wildman–Crippen LogP) is -0.275. The highest BCUT2D eigenvalue weighted by Gasteiger charge is 2.09. The van der Waals surface area contributed by atoms with Crippen molar-refractivity contribution in [3.63, 3.8) is 0 Å². The molecule has 1 unspecified atom stereocenters. The van der Waals surface area contributed by atoms with Crippen LogP contribution in [0.4, 0.5) is 0 Å². The van der Waals surface area contributed by atoms with Gasteiger partial charge >= 0.3 is 0 Å². The van der Waals surface area contributed by atoms with Crippen molar-refractivity contribution in [2.24, 2.45) is 5.73 Å². The number of carbonyl (C=O) groups is 1. The molecule has 0 aliphatic heterocycles. The number of nitrogens with one attached hydrogen (secondary N) is 1. The Morgan fingerprint density at radius 3 is 2.92 bits per heavy atom. The van der Waals surface area contributed by atoms with Crippen LogP contribution in [-0.4, -0.2) is 16.0 Å². The number of hydrogen-bond acceptors (Lipinski definition) is 5. The van der Waals surface area contributed by atoms with Crippen molar-refractivity contribution in [3.05, 3.63) is 11.7 Å². The van der Waals surface area contributed by atoms with Crippen LogP contribution in [0.1, 0.15) is 31.6 Å². The average molecular weight is 184 g/mol. The van der Waals surface area contributed by atoms with Crippen LogP contribution in [0.3, 0.4) is 0 Å². The first-order valence-electron chi connectivity index (χ1n) is 3.92. The highest BCUT2D eigenvalue weighted by molar-refractivity contribution is 5.72. The summed E-state index contributed by atoms with van der Waals surface area (Å²) in [6.07, 6.45) is 0. The minimum absolute atomic E-state index is 0.138. The number of carbonyl (C=O) groups excluding carboxylic acids is 1. The van der Waals surface area contributed by atoms with Crippen LogP contribution < -0.4 is 11.1 Å². The monoisotopic (exact) mass is 184 g/mol. The van der Waals surface area contributed by atoms with E-state index in [-0.39, 0.29) is 18.5 Å². The molecule has 1 rings (SSSR count). The van der Waals surface area contributed by atoms with Crippen LogP contribution in [0.25, 0.3) is 0 Å². The maximum absolute atomic E-state index is 10.5. The zero-order valence-corrected chi connectivity index (χ0v) is 7.57. The molecule has 0 aliphatic carbocycles. The summed E-state index contributed by atoms with van der Waals surface area (Å²) in [5, 5.41) is 6.17. The lowest BCUT2D eigenvalue weighted by atomic mass is 10.3. The predicted molar refractivity (Wildman–Crippen MR) is 44.4 cm³/mol. The Balaban J connectivity index is 2.54. The summed E-state index contributed by atoms with van der Waals surface area (Å²) in [4.78, 5) is 14.5. The molecule has 0 fully saturated rings. The smallest absolute Gasteiger partial charge is 0.246 e. The fourth-order valence-corrected chi connectivity index (χ4v) is 0.725. The lowest BCUT2D eigenvalue weighted by molar-refractivity contribution is -0.119. The van der Waals surface area contributed by atoms with E-state index >= 15 is 0 Å². The van der Waals surface area contributed by atoms with Gasteiger partial charge in [0.15, 0.2) is 5.82 Å². The Kier molecular flexibility index (Phi) is 2.97. The summed E-state index contributed by atoms with van der Waals surface area (Å²) in [5.74, 6) is 0.670. The summed E-state index contributed by atoms with van der Waals surface area (Å²) in [7, 11) is 0. The molecule has 0 saturated heterocycles. The molecule has 6 heteroatoms. The van der Waals surface area contributed by atoms with E-state index in [0.717, 1.165) is 0 Å². The Hall–Kier alpha value is -1.43. The molecule has 13 heavy (non-hydrogen) atoms. The molecule has 1 heterocycles. The molecule has 1 aromatic rings. The van der Waals surface area contributed by atoms with Crippen LogP contribution in [0.2, 0.25) is 0 Å². The van der Waals surface area contributed by atoms with Crippen molar-refractivity contribution in [2.45, 2.75) is 26.4 Å². The van der Waals surface area contributed by atoms with E-state index in [2.05, 4.69) is 15.5 Å². The van der Waals surface area contributed by atoms with Crippen molar-refractivity contribution >= 4 is 5.91 Å². The van der Waals surface area contributed by atoms with Gasteiger partial charge in [-0.2, -0.15) is 4.98 Å². The van der Waals surface area contributed by atoms with E-state index in [9.17, 15) is 4.79 Å². The van der Waals surface area contributed by atoms with Gasteiger partial charge in [0, 0.05) is 6.92 Å².